The van der Waals surface area contributed by atoms with Gasteiger partial charge in [0, 0.05) is 0 Å². The zero-order valence-corrected chi connectivity index (χ0v) is 44.6. The Labute approximate surface area is 463 Å². The molecule has 0 radical (unpaired) electrons. The van der Waals surface area contributed by atoms with E-state index in [1.807, 2.05) is 6.08 Å². The second-order valence-corrected chi connectivity index (χ2v) is 22.0. The maximum absolute atomic E-state index is 4.12. The van der Waals surface area contributed by atoms with Crippen molar-refractivity contribution in [2.24, 2.45) is 0 Å². The molecule has 79 heavy (non-hydrogen) atoms. The maximum Gasteiger partial charge on any atom is -0.00921 e. The van der Waals surface area contributed by atoms with Crippen LogP contribution in [-0.4, -0.2) is 0 Å². The fraction of sp³-hybridized carbons (Fsp3) is 0.0886. The molecule has 0 atom stereocenters. The molecule has 0 N–H and O–H groups in total. The largest absolute Gasteiger partial charge is 0.0991 e. The second kappa shape index (κ2) is 19.3. The first-order valence-electron chi connectivity index (χ1n) is 28.3. The van der Waals surface area contributed by atoms with Gasteiger partial charge in [-0.15, -0.1) is 0 Å². The first-order chi connectivity index (χ1) is 39.1. The minimum Gasteiger partial charge on any atom is -0.0991 e. The van der Waals surface area contributed by atoms with Crippen molar-refractivity contribution >= 4 is 77.7 Å². The number of hydrogen-bond acceptors (Lipinski definition) is 0. The molecule has 374 valence electrons. The average molecular weight is 1010 g/mol. The van der Waals surface area contributed by atoms with Crippen molar-refractivity contribution in [1.29, 1.82) is 0 Å². The normalized spacial score (nSPS) is 13.8. The highest BCUT2D eigenvalue weighted by molar-refractivity contribution is 6.30. The molecular weight excluding hydrogens is 949 g/mol. The summed E-state index contributed by atoms with van der Waals surface area (Å²) in [5.74, 6) is 0. The summed E-state index contributed by atoms with van der Waals surface area (Å²) in [4.78, 5) is 0. The SMILES string of the molecule is C=C/C=C\c1c(C)cccc1-c1cc2c3cc(-c4cccc5ccccc45)c(C4=CCCc5ccccc54)cc3c3cc(-c4cccc5ccccc45)c(-c4cccc5c4C=CCC5)cc3c2cc1-c1cccc2c1C=CCC2. The highest BCUT2D eigenvalue weighted by atomic mass is 14.3. The summed E-state index contributed by atoms with van der Waals surface area (Å²) in [6.07, 6.45) is 24.5. The maximum atomic E-state index is 4.12. The highest BCUT2D eigenvalue weighted by Crippen LogP contribution is 2.51. The van der Waals surface area contributed by atoms with Crippen LogP contribution in [0.15, 0.2) is 237 Å². The number of allylic oxidation sites excluding steroid dienone is 5. The molecule has 3 aliphatic carbocycles. The van der Waals surface area contributed by atoms with Crippen molar-refractivity contribution in [3.05, 3.63) is 287 Å². The van der Waals surface area contributed by atoms with Crippen LogP contribution in [0.25, 0.3) is 133 Å². The monoisotopic (exact) mass is 1010 g/mol. The van der Waals surface area contributed by atoms with Gasteiger partial charge in [0.1, 0.15) is 0 Å². The molecule has 0 unspecified atom stereocenters. The molecule has 0 aliphatic heterocycles. The molecule has 0 bridgehead atoms. The summed E-state index contributed by atoms with van der Waals surface area (Å²) in [7, 11) is 0. The molecule has 0 amide bonds. The van der Waals surface area contributed by atoms with Crippen LogP contribution < -0.4 is 0 Å². The van der Waals surface area contributed by atoms with Gasteiger partial charge in [0.05, 0.1) is 0 Å². The number of fused-ring (bicyclic) bond motifs is 11. The van der Waals surface area contributed by atoms with E-state index >= 15 is 0 Å². The zero-order chi connectivity index (χ0) is 52.6. The minimum atomic E-state index is 0.992. The Kier molecular flexibility index (Phi) is 11.4. The predicted octanol–water partition coefficient (Wildman–Crippen LogP) is 21.6. The van der Waals surface area contributed by atoms with Gasteiger partial charge in [-0.1, -0.05) is 219 Å². The van der Waals surface area contributed by atoms with Gasteiger partial charge in [-0.2, -0.15) is 0 Å². The first-order valence-corrected chi connectivity index (χ1v) is 28.3. The van der Waals surface area contributed by atoms with Crippen molar-refractivity contribution in [1.82, 2.24) is 0 Å². The Morgan fingerprint density at radius 2 is 0.747 bits per heavy atom. The number of aryl methyl sites for hydroxylation is 4. The van der Waals surface area contributed by atoms with Gasteiger partial charge in [0.2, 0.25) is 0 Å². The Morgan fingerprint density at radius 3 is 1.33 bits per heavy atom. The lowest BCUT2D eigenvalue weighted by Gasteiger charge is -2.25. The molecule has 0 heterocycles. The third kappa shape index (κ3) is 7.80. The van der Waals surface area contributed by atoms with Crippen molar-refractivity contribution in [3.63, 3.8) is 0 Å². The molecule has 12 aromatic carbocycles. The number of hydrogen-bond donors (Lipinski definition) is 0. The molecule has 0 heteroatoms. The van der Waals surface area contributed by atoms with E-state index in [1.54, 1.807) is 0 Å². The van der Waals surface area contributed by atoms with Crippen LogP contribution in [-0.2, 0) is 19.3 Å². The lowest BCUT2D eigenvalue weighted by atomic mass is 9.78. The van der Waals surface area contributed by atoms with Crippen molar-refractivity contribution in [2.75, 3.05) is 0 Å². The molecule has 0 nitrogen and oxygen atoms in total. The van der Waals surface area contributed by atoms with Crippen LogP contribution in [0.2, 0.25) is 0 Å². The molecule has 3 aliphatic rings. The average Bonchev–Trinajstić information content (AvgIpc) is 3.53. The smallest absolute Gasteiger partial charge is 0.00921 e. The first kappa shape index (κ1) is 46.9. The van der Waals surface area contributed by atoms with Crippen molar-refractivity contribution < 1.29 is 0 Å². The van der Waals surface area contributed by atoms with Gasteiger partial charge in [-0.05, 0) is 247 Å². The van der Waals surface area contributed by atoms with E-state index in [0.29, 0.717) is 0 Å². The van der Waals surface area contributed by atoms with Crippen LogP contribution in [0, 0.1) is 6.92 Å². The molecule has 15 rings (SSSR count). The van der Waals surface area contributed by atoms with Crippen LogP contribution in [0.3, 0.4) is 0 Å². The molecular formula is C79H58. The van der Waals surface area contributed by atoms with Gasteiger partial charge in [-0.25, -0.2) is 0 Å². The molecule has 0 aromatic heterocycles. The summed E-state index contributed by atoms with van der Waals surface area (Å²) >= 11 is 0. The highest BCUT2D eigenvalue weighted by Gasteiger charge is 2.26. The Hall–Kier alpha value is -9.36. The lowest BCUT2D eigenvalue weighted by molar-refractivity contribution is 0.978. The van der Waals surface area contributed by atoms with Crippen LogP contribution in [0.4, 0.5) is 0 Å². The Bertz CT molecular complexity index is 4670. The standard InChI is InChI=1S/C79H58/c1-3-4-32-56-50(2)21-15-38-62(56)68-44-74-75(45-69(68)63-39-16-27-51-22-5-10-33-57(51)63)77-47-71(65-41-18-29-53-24-7-12-35-59(53)65)73(67-43-20-31-55-26-9-14-37-61(55)67)49-79(77)78-48-72(66-42-19-30-54-25-8-13-36-60(54)66)70(46-76(74)78)64-40-17-28-52-23-6-11-34-58(52)64/h3-4,6,8-18,20-21,23,25-29,31-49H,1,5,7,19,22,24,30H2,2H3/b32-4-. The van der Waals surface area contributed by atoms with Gasteiger partial charge < -0.3 is 0 Å². The molecule has 12 aromatic rings. The predicted molar refractivity (Wildman–Crippen MR) is 342 cm³/mol. The van der Waals surface area contributed by atoms with Crippen LogP contribution in [0.5, 0.6) is 0 Å². The summed E-state index contributed by atoms with van der Waals surface area (Å²) in [6.45, 7) is 6.36. The van der Waals surface area contributed by atoms with Crippen molar-refractivity contribution in [3.8, 4) is 55.6 Å². The van der Waals surface area contributed by atoms with E-state index in [4.69, 9.17) is 0 Å². The fourth-order valence-electron chi connectivity index (χ4n) is 13.8. The van der Waals surface area contributed by atoms with Gasteiger partial charge in [0.25, 0.3) is 0 Å². The summed E-state index contributed by atoms with van der Waals surface area (Å²) < 4.78 is 0. The summed E-state index contributed by atoms with van der Waals surface area (Å²) in [5.41, 5.74) is 25.7. The molecule has 0 saturated heterocycles. The van der Waals surface area contributed by atoms with Crippen LogP contribution >= 0.6 is 0 Å². The Balaban J connectivity index is 1.17. The number of rotatable bonds is 8. The van der Waals surface area contributed by atoms with E-state index in [1.165, 1.54) is 165 Å². The van der Waals surface area contributed by atoms with Crippen molar-refractivity contribution in [2.45, 2.75) is 45.4 Å². The third-order valence-corrected chi connectivity index (χ3v) is 17.6. The quantitative estimate of drug-likeness (QED) is 0.105. The lowest BCUT2D eigenvalue weighted by Crippen LogP contribution is -2.03. The Morgan fingerprint density at radius 1 is 0.342 bits per heavy atom. The van der Waals surface area contributed by atoms with Gasteiger partial charge in [0.15, 0.2) is 0 Å². The second-order valence-electron chi connectivity index (χ2n) is 22.0. The van der Waals surface area contributed by atoms with Crippen LogP contribution in [0.1, 0.15) is 69.3 Å². The van der Waals surface area contributed by atoms with E-state index in [-0.39, 0.29) is 0 Å². The topological polar surface area (TPSA) is 0 Å². The summed E-state index contributed by atoms with van der Waals surface area (Å²) in [6, 6.07) is 77.0. The number of benzene rings is 12. The summed E-state index contributed by atoms with van der Waals surface area (Å²) in [5, 5.41) is 12.5. The third-order valence-electron chi connectivity index (χ3n) is 17.6. The van der Waals surface area contributed by atoms with Gasteiger partial charge in [-0.3, -0.25) is 0 Å². The van der Waals surface area contributed by atoms with E-state index in [0.717, 1.165) is 38.5 Å². The fourth-order valence-corrected chi connectivity index (χ4v) is 13.8. The van der Waals surface area contributed by atoms with E-state index in [2.05, 4.69) is 256 Å². The van der Waals surface area contributed by atoms with E-state index < -0.39 is 0 Å². The molecule has 0 fully saturated rings. The van der Waals surface area contributed by atoms with E-state index in [9.17, 15) is 0 Å². The zero-order valence-electron chi connectivity index (χ0n) is 44.6. The molecule has 0 saturated carbocycles. The molecule has 0 spiro atoms. The minimum absolute atomic E-state index is 0.992. The van der Waals surface area contributed by atoms with Gasteiger partial charge >= 0.3 is 0 Å².